The molecule has 0 aliphatic rings. The summed E-state index contributed by atoms with van der Waals surface area (Å²) in [6.07, 6.45) is 1.01. The first-order valence-corrected chi connectivity index (χ1v) is 7.31. The second kappa shape index (κ2) is 5.37. The van der Waals surface area contributed by atoms with Gasteiger partial charge in [0.1, 0.15) is 5.25 Å². The minimum absolute atomic E-state index is 0.124. The summed E-state index contributed by atoms with van der Waals surface area (Å²) in [7, 11) is -3.39. The van der Waals surface area contributed by atoms with E-state index in [0.29, 0.717) is 0 Å². The van der Waals surface area contributed by atoms with E-state index in [2.05, 4.69) is 5.32 Å². The second-order valence-corrected chi connectivity index (χ2v) is 6.69. The van der Waals surface area contributed by atoms with Crippen molar-refractivity contribution in [3.8, 4) is 0 Å². The van der Waals surface area contributed by atoms with Crippen LogP contribution in [0.2, 0.25) is 0 Å². The average molecular weight is 276 g/mol. The maximum atomic E-state index is 11.5. The highest BCUT2D eigenvalue weighted by Crippen LogP contribution is 2.10. The summed E-state index contributed by atoms with van der Waals surface area (Å²) in [6.45, 7) is 2.98. The van der Waals surface area contributed by atoms with Gasteiger partial charge in [0.25, 0.3) is 0 Å². The van der Waals surface area contributed by atoms with Gasteiger partial charge in [-0.1, -0.05) is 0 Å². The Kier molecular flexibility index (Phi) is 5.37. The Morgan fingerprint density at radius 1 is 1.40 bits per heavy atom. The molecule has 0 aliphatic carbocycles. The molecule has 15 heavy (non-hydrogen) atoms. The molecular weight excluding hydrogens is 261 g/mol. The van der Waals surface area contributed by atoms with Gasteiger partial charge in [-0.05, 0) is 13.8 Å². The molecule has 0 rings (SSSR count). The second-order valence-electron chi connectivity index (χ2n) is 3.79. The molecule has 0 aromatic rings. The molecule has 1 atom stereocenters. The highest BCUT2D eigenvalue weighted by molar-refractivity contribution is 7.92. The highest BCUT2D eigenvalue weighted by atomic mass is 35.5. The summed E-state index contributed by atoms with van der Waals surface area (Å²) < 4.78 is 22.2. The van der Waals surface area contributed by atoms with Crippen molar-refractivity contribution in [2.45, 2.75) is 24.6 Å². The van der Waals surface area contributed by atoms with E-state index >= 15 is 0 Å². The standard InChI is InChI=1S/C8H15Cl2NO3S/c1-6(15(3,13)14)7(12)11-8(2,4-9)5-10/h6H,4-5H2,1-3H3,(H,11,12). The van der Waals surface area contributed by atoms with Crippen LogP contribution in [0.25, 0.3) is 0 Å². The van der Waals surface area contributed by atoms with Gasteiger partial charge in [-0.2, -0.15) is 0 Å². The first-order chi connectivity index (χ1) is 6.66. The zero-order chi connectivity index (χ0) is 12.3. The third-order valence-corrected chi connectivity index (χ3v) is 4.70. The minimum atomic E-state index is -3.39. The van der Waals surface area contributed by atoms with Crippen LogP contribution in [0, 0.1) is 0 Å². The Morgan fingerprint density at radius 3 is 2.07 bits per heavy atom. The molecule has 0 spiro atoms. The fourth-order valence-corrected chi connectivity index (χ4v) is 1.56. The molecule has 7 heteroatoms. The fourth-order valence-electron chi connectivity index (χ4n) is 0.696. The normalized spacial score (nSPS) is 14.7. The van der Waals surface area contributed by atoms with E-state index in [1.807, 2.05) is 0 Å². The molecule has 0 bridgehead atoms. The van der Waals surface area contributed by atoms with Gasteiger partial charge >= 0.3 is 0 Å². The van der Waals surface area contributed by atoms with Crippen molar-refractivity contribution in [2.75, 3.05) is 18.0 Å². The molecular formula is C8H15Cl2NO3S. The number of alkyl halides is 2. The number of sulfone groups is 1. The first-order valence-electron chi connectivity index (χ1n) is 4.29. The predicted octanol–water partition coefficient (Wildman–Crippen LogP) is 0.772. The quantitative estimate of drug-likeness (QED) is 0.754. The Balaban J connectivity index is 4.64. The number of carbonyl (C=O) groups is 1. The summed E-state index contributed by atoms with van der Waals surface area (Å²) >= 11 is 11.2. The molecule has 1 N–H and O–H groups in total. The van der Waals surface area contributed by atoms with E-state index in [1.54, 1.807) is 6.92 Å². The van der Waals surface area contributed by atoms with E-state index in [9.17, 15) is 13.2 Å². The van der Waals surface area contributed by atoms with Crippen LogP contribution in [0.15, 0.2) is 0 Å². The topological polar surface area (TPSA) is 63.2 Å². The van der Waals surface area contributed by atoms with Crippen LogP contribution in [-0.4, -0.2) is 43.1 Å². The maximum absolute atomic E-state index is 11.5. The third kappa shape index (κ3) is 4.57. The molecule has 90 valence electrons. The number of rotatable bonds is 5. The van der Waals surface area contributed by atoms with E-state index in [1.165, 1.54) is 6.92 Å². The van der Waals surface area contributed by atoms with Gasteiger partial charge in [0, 0.05) is 18.0 Å². The summed E-state index contributed by atoms with van der Waals surface area (Å²) in [5, 5.41) is 1.42. The monoisotopic (exact) mass is 275 g/mol. The van der Waals surface area contributed by atoms with Crippen LogP contribution < -0.4 is 5.32 Å². The summed E-state index contributed by atoms with van der Waals surface area (Å²) in [5.74, 6) is -0.335. The van der Waals surface area contributed by atoms with Gasteiger partial charge in [0.2, 0.25) is 5.91 Å². The van der Waals surface area contributed by atoms with Crippen molar-refractivity contribution in [1.29, 1.82) is 0 Å². The Labute approximate surface area is 100 Å². The molecule has 0 saturated carbocycles. The van der Waals surface area contributed by atoms with E-state index < -0.39 is 26.5 Å². The van der Waals surface area contributed by atoms with Crippen molar-refractivity contribution >= 4 is 38.9 Å². The summed E-state index contributed by atoms with van der Waals surface area (Å²) in [6, 6.07) is 0. The number of hydrogen-bond donors (Lipinski definition) is 1. The van der Waals surface area contributed by atoms with Crippen LogP contribution in [0.5, 0.6) is 0 Å². The van der Waals surface area contributed by atoms with Crippen molar-refractivity contribution < 1.29 is 13.2 Å². The summed E-state index contributed by atoms with van der Waals surface area (Å²) in [5.41, 5.74) is -0.779. The van der Waals surface area contributed by atoms with Crippen LogP contribution in [-0.2, 0) is 14.6 Å². The van der Waals surface area contributed by atoms with Crippen molar-refractivity contribution in [3.05, 3.63) is 0 Å². The average Bonchev–Trinajstić information content (AvgIpc) is 2.15. The molecule has 0 radical (unpaired) electrons. The molecule has 1 amide bonds. The van der Waals surface area contributed by atoms with Gasteiger partial charge in [-0.15, -0.1) is 23.2 Å². The lowest BCUT2D eigenvalue weighted by atomic mass is 10.1. The van der Waals surface area contributed by atoms with E-state index in [4.69, 9.17) is 23.2 Å². The first kappa shape index (κ1) is 15.0. The number of amides is 1. The molecule has 0 fully saturated rings. The number of nitrogens with one attached hydrogen (secondary N) is 1. The van der Waals surface area contributed by atoms with Gasteiger partial charge in [-0.3, -0.25) is 4.79 Å². The van der Waals surface area contributed by atoms with Crippen LogP contribution >= 0.6 is 23.2 Å². The van der Waals surface area contributed by atoms with Gasteiger partial charge in [0.15, 0.2) is 9.84 Å². The zero-order valence-corrected chi connectivity index (χ0v) is 11.2. The lowest BCUT2D eigenvalue weighted by Gasteiger charge is -2.27. The number of carbonyl (C=O) groups excluding carboxylic acids is 1. The van der Waals surface area contributed by atoms with Crippen LogP contribution in [0.1, 0.15) is 13.8 Å². The predicted molar refractivity (Wildman–Crippen MR) is 62.3 cm³/mol. The minimum Gasteiger partial charge on any atom is -0.347 e. The molecule has 0 aliphatic heterocycles. The van der Waals surface area contributed by atoms with Gasteiger partial charge < -0.3 is 5.32 Å². The van der Waals surface area contributed by atoms with Crippen molar-refractivity contribution in [1.82, 2.24) is 5.32 Å². The fraction of sp³-hybridized carbons (Fsp3) is 0.875. The SMILES string of the molecule is CC(C(=O)NC(C)(CCl)CCl)S(C)(=O)=O. The van der Waals surface area contributed by atoms with E-state index in [0.717, 1.165) is 6.26 Å². The molecule has 4 nitrogen and oxygen atoms in total. The molecule has 0 saturated heterocycles. The van der Waals surface area contributed by atoms with Crippen LogP contribution in [0.3, 0.4) is 0 Å². The largest absolute Gasteiger partial charge is 0.347 e. The lowest BCUT2D eigenvalue weighted by molar-refractivity contribution is -0.121. The lowest BCUT2D eigenvalue weighted by Crippen LogP contribution is -2.53. The molecule has 0 aromatic heterocycles. The van der Waals surface area contributed by atoms with Crippen molar-refractivity contribution in [2.24, 2.45) is 0 Å². The third-order valence-electron chi connectivity index (χ3n) is 2.03. The molecule has 0 aromatic carbocycles. The number of hydrogen-bond acceptors (Lipinski definition) is 3. The molecule has 0 heterocycles. The smallest absolute Gasteiger partial charge is 0.238 e. The van der Waals surface area contributed by atoms with Gasteiger partial charge in [0.05, 0.1) is 5.54 Å². The van der Waals surface area contributed by atoms with Gasteiger partial charge in [-0.25, -0.2) is 8.42 Å². The summed E-state index contributed by atoms with van der Waals surface area (Å²) in [4.78, 5) is 11.5. The highest BCUT2D eigenvalue weighted by Gasteiger charge is 2.30. The Morgan fingerprint density at radius 2 is 1.80 bits per heavy atom. The number of halogens is 2. The Bertz CT molecular complexity index is 325. The van der Waals surface area contributed by atoms with Crippen LogP contribution in [0.4, 0.5) is 0 Å². The maximum Gasteiger partial charge on any atom is 0.238 e. The van der Waals surface area contributed by atoms with Crippen molar-refractivity contribution in [3.63, 3.8) is 0 Å². The van der Waals surface area contributed by atoms with E-state index in [-0.39, 0.29) is 11.8 Å². The Hall–Kier alpha value is -0.000000000000000111. The zero-order valence-electron chi connectivity index (χ0n) is 8.88. The molecule has 1 unspecified atom stereocenters.